The lowest BCUT2D eigenvalue weighted by atomic mass is 9.96. The van der Waals surface area contributed by atoms with Crippen LogP contribution >= 0.6 is 0 Å². The summed E-state index contributed by atoms with van der Waals surface area (Å²) in [6.07, 6.45) is 4.27. The molecule has 2 rings (SSSR count). The molecule has 0 saturated heterocycles. The van der Waals surface area contributed by atoms with E-state index >= 15 is 0 Å². The molecule has 1 unspecified atom stereocenters. The number of rotatable bonds is 4. The van der Waals surface area contributed by atoms with E-state index in [9.17, 15) is 9.59 Å². The molecule has 0 radical (unpaired) electrons. The van der Waals surface area contributed by atoms with Crippen molar-refractivity contribution in [1.29, 1.82) is 0 Å². The van der Waals surface area contributed by atoms with Crippen molar-refractivity contribution in [3.8, 4) is 0 Å². The average Bonchev–Trinajstić information content (AvgIpc) is 2.80. The van der Waals surface area contributed by atoms with E-state index in [-0.39, 0.29) is 17.7 Å². The number of fused-ring (bicyclic) bond motifs is 1. The number of ketones is 1. The van der Waals surface area contributed by atoms with Gasteiger partial charge in [0.15, 0.2) is 5.78 Å². The topological polar surface area (TPSA) is 51.1 Å². The molecule has 0 fully saturated rings. The molecule has 4 nitrogen and oxygen atoms in total. The van der Waals surface area contributed by atoms with Gasteiger partial charge in [0.1, 0.15) is 6.04 Å². The highest BCUT2D eigenvalue weighted by atomic mass is 16.2. The molecule has 1 aliphatic carbocycles. The van der Waals surface area contributed by atoms with Crippen molar-refractivity contribution in [2.75, 3.05) is 6.54 Å². The molecule has 0 bridgehead atoms. The van der Waals surface area contributed by atoms with Crippen molar-refractivity contribution in [2.45, 2.75) is 46.1 Å². The van der Waals surface area contributed by atoms with E-state index in [1.807, 2.05) is 23.8 Å². The fourth-order valence-corrected chi connectivity index (χ4v) is 2.49. The van der Waals surface area contributed by atoms with Gasteiger partial charge >= 0.3 is 0 Å². The van der Waals surface area contributed by atoms with Gasteiger partial charge in [-0.25, -0.2) is 0 Å². The number of carbonyl (C=O) groups excluding carboxylic acids is 2. The van der Waals surface area contributed by atoms with Gasteiger partial charge in [-0.1, -0.05) is 13.8 Å². The second-order valence-electron chi connectivity index (χ2n) is 5.68. The Hall–Kier alpha value is -1.58. The molecule has 1 atom stereocenters. The third kappa shape index (κ3) is 2.88. The minimum Gasteiger partial charge on any atom is -0.354 e. The molecule has 19 heavy (non-hydrogen) atoms. The summed E-state index contributed by atoms with van der Waals surface area (Å²) in [7, 11) is 0. The van der Waals surface area contributed by atoms with Gasteiger partial charge in [0, 0.05) is 30.4 Å². The molecule has 1 amide bonds. The van der Waals surface area contributed by atoms with Crippen LogP contribution < -0.4 is 5.32 Å². The summed E-state index contributed by atoms with van der Waals surface area (Å²) in [6, 6.07) is 1.59. The highest BCUT2D eigenvalue weighted by molar-refractivity contribution is 5.98. The van der Waals surface area contributed by atoms with Crippen molar-refractivity contribution in [3.63, 3.8) is 0 Å². The SMILES string of the molecule is CC(C)CNC(=O)C(C)n1ccc2c1CCCC2=O. The van der Waals surface area contributed by atoms with Crippen LogP contribution in [0.4, 0.5) is 0 Å². The third-order valence-corrected chi connectivity index (χ3v) is 3.62. The summed E-state index contributed by atoms with van der Waals surface area (Å²) >= 11 is 0. The van der Waals surface area contributed by atoms with Crippen LogP contribution in [0.5, 0.6) is 0 Å². The first-order valence-electron chi connectivity index (χ1n) is 7.01. The van der Waals surface area contributed by atoms with Crippen molar-refractivity contribution >= 4 is 11.7 Å². The Morgan fingerprint density at radius 3 is 2.79 bits per heavy atom. The smallest absolute Gasteiger partial charge is 0.242 e. The lowest BCUT2D eigenvalue weighted by Gasteiger charge is -2.20. The van der Waals surface area contributed by atoms with E-state index in [1.54, 1.807) is 0 Å². The zero-order valence-electron chi connectivity index (χ0n) is 11.9. The zero-order valence-corrected chi connectivity index (χ0v) is 11.9. The molecule has 0 aliphatic heterocycles. The molecule has 0 saturated carbocycles. The predicted molar refractivity (Wildman–Crippen MR) is 74.3 cm³/mol. The molecule has 1 N–H and O–H groups in total. The Morgan fingerprint density at radius 2 is 2.11 bits per heavy atom. The minimum absolute atomic E-state index is 0.0186. The fraction of sp³-hybridized carbons (Fsp3) is 0.600. The quantitative estimate of drug-likeness (QED) is 0.905. The summed E-state index contributed by atoms with van der Waals surface area (Å²) in [5.74, 6) is 0.663. The highest BCUT2D eigenvalue weighted by Crippen LogP contribution is 2.25. The van der Waals surface area contributed by atoms with Gasteiger partial charge in [0.2, 0.25) is 5.91 Å². The average molecular weight is 262 g/mol. The molecule has 104 valence electrons. The van der Waals surface area contributed by atoms with Crippen molar-refractivity contribution < 1.29 is 9.59 Å². The summed E-state index contributed by atoms with van der Waals surface area (Å²) in [5.41, 5.74) is 1.82. The van der Waals surface area contributed by atoms with E-state index in [2.05, 4.69) is 19.2 Å². The van der Waals surface area contributed by atoms with Crippen molar-refractivity contribution in [2.24, 2.45) is 5.92 Å². The van der Waals surface area contributed by atoms with Gasteiger partial charge in [-0.3, -0.25) is 9.59 Å². The summed E-state index contributed by atoms with van der Waals surface area (Å²) < 4.78 is 1.95. The fourth-order valence-electron chi connectivity index (χ4n) is 2.49. The Morgan fingerprint density at radius 1 is 1.37 bits per heavy atom. The molecule has 1 aromatic heterocycles. The van der Waals surface area contributed by atoms with Gasteiger partial charge in [0.25, 0.3) is 0 Å². The van der Waals surface area contributed by atoms with Gasteiger partial charge in [0.05, 0.1) is 0 Å². The first-order chi connectivity index (χ1) is 9.00. The largest absolute Gasteiger partial charge is 0.354 e. The maximum absolute atomic E-state index is 12.1. The van der Waals surface area contributed by atoms with Crippen molar-refractivity contribution in [3.05, 3.63) is 23.5 Å². The summed E-state index contributed by atoms with van der Waals surface area (Å²) in [4.78, 5) is 23.9. The van der Waals surface area contributed by atoms with E-state index in [1.165, 1.54) is 0 Å². The molecule has 1 heterocycles. The van der Waals surface area contributed by atoms with Crippen LogP contribution in [0.2, 0.25) is 0 Å². The standard InChI is InChI=1S/C15H22N2O2/c1-10(2)9-16-15(19)11(3)17-8-7-12-13(17)5-4-6-14(12)18/h7-8,10-11H,4-6,9H2,1-3H3,(H,16,19). The van der Waals surface area contributed by atoms with E-state index in [0.717, 1.165) is 24.1 Å². The molecule has 0 spiro atoms. The molecular weight excluding hydrogens is 240 g/mol. The molecule has 1 aromatic rings. The Balaban J connectivity index is 2.13. The molecular formula is C15H22N2O2. The number of amides is 1. The number of aromatic nitrogens is 1. The van der Waals surface area contributed by atoms with E-state index < -0.39 is 0 Å². The van der Waals surface area contributed by atoms with Crippen molar-refractivity contribution in [1.82, 2.24) is 9.88 Å². The Labute approximate surface area is 114 Å². The van der Waals surface area contributed by atoms with Crippen LogP contribution in [0.25, 0.3) is 0 Å². The number of nitrogens with one attached hydrogen (secondary N) is 1. The predicted octanol–water partition coefficient (Wildman–Crippen LogP) is 2.34. The minimum atomic E-state index is -0.256. The zero-order chi connectivity index (χ0) is 14.0. The maximum atomic E-state index is 12.1. The first-order valence-corrected chi connectivity index (χ1v) is 7.01. The second-order valence-corrected chi connectivity index (χ2v) is 5.68. The number of carbonyl (C=O) groups is 2. The van der Waals surface area contributed by atoms with E-state index in [0.29, 0.717) is 18.9 Å². The van der Waals surface area contributed by atoms with Gasteiger partial charge in [-0.15, -0.1) is 0 Å². The highest BCUT2D eigenvalue weighted by Gasteiger charge is 2.24. The first kappa shape index (κ1) is 13.8. The number of hydrogen-bond donors (Lipinski definition) is 1. The van der Waals surface area contributed by atoms with E-state index in [4.69, 9.17) is 0 Å². The molecule has 0 aromatic carbocycles. The number of nitrogens with zero attached hydrogens (tertiary/aromatic N) is 1. The summed E-state index contributed by atoms with van der Waals surface area (Å²) in [5, 5.41) is 2.94. The lowest BCUT2D eigenvalue weighted by Crippen LogP contribution is -2.34. The maximum Gasteiger partial charge on any atom is 0.242 e. The molecule has 4 heteroatoms. The second kappa shape index (κ2) is 5.59. The normalized spacial score (nSPS) is 16.3. The van der Waals surface area contributed by atoms with Crippen LogP contribution in [0, 0.1) is 5.92 Å². The van der Waals surface area contributed by atoms with Crippen LogP contribution in [-0.4, -0.2) is 22.8 Å². The summed E-state index contributed by atoms with van der Waals surface area (Å²) in [6.45, 7) is 6.71. The lowest BCUT2D eigenvalue weighted by molar-refractivity contribution is -0.124. The van der Waals surface area contributed by atoms with Crippen LogP contribution in [0.3, 0.4) is 0 Å². The Bertz CT molecular complexity index is 488. The monoisotopic (exact) mass is 262 g/mol. The van der Waals surface area contributed by atoms with Gasteiger partial charge < -0.3 is 9.88 Å². The van der Waals surface area contributed by atoms with Crippen LogP contribution in [-0.2, 0) is 11.2 Å². The van der Waals surface area contributed by atoms with Gasteiger partial charge in [-0.05, 0) is 31.7 Å². The number of hydrogen-bond acceptors (Lipinski definition) is 2. The number of Topliss-reactive ketones (excluding diaryl/α,β-unsaturated/α-hetero) is 1. The van der Waals surface area contributed by atoms with Crippen LogP contribution in [0.1, 0.15) is 55.7 Å². The molecule has 1 aliphatic rings. The van der Waals surface area contributed by atoms with Crippen LogP contribution in [0.15, 0.2) is 12.3 Å². The Kier molecular flexibility index (Phi) is 4.08. The third-order valence-electron chi connectivity index (χ3n) is 3.62. The van der Waals surface area contributed by atoms with Gasteiger partial charge in [-0.2, -0.15) is 0 Å².